The minimum atomic E-state index is -3.74. The highest BCUT2D eigenvalue weighted by atomic mass is 32.2. The summed E-state index contributed by atoms with van der Waals surface area (Å²) >= 11 is 0. The molecule has 1 N–H and O–H groups in total. The number of carbonyl (C=O) groups is 1. The van der Waals surface area contributed by atoms with Crippen molar-refractivity contribution in [1.29, 1.82) is 0 Å². The molecule has 0 saturated carbocycles. The second-order valence-electron chi connectivity index (χ2n) is 6.47. The van der Waals surface area contributed by atoms with Crippen LogP contribution in [0.15, 0.2) is 47.4 Å². The average Bonchev–Trinajstić information content (AvgIpc) is 2.56. The van der Waals surface area contributed by atoms with Gasteiger partial charge in [0.25, 0.3) is 0 Å². The highest BCUT2D eigenvalue weighted by Crippen LogP contribution is 2.21. The number of carbonyl (C=O) groups excluding carboxylic acids is 1. The number of amides is 1. The second-order valence-corrected chi connectivity index (χ2v) is 8.38. The lowest BCUT2D eigenvalue weighted by Crippen LogP contribution is -2.38. The number of hydrogen-bond acceptors (Lipinski definition) is 3. The number of benzene rings is 2. The molecule has 0 aliphatic carbocycles. The quantitative estimate of drug-likeness (QED) is 0.804. The molecule has 0 aliphatic rings. The van der Waals surface area contributed by atoms with Gasteiger partial charge in [-0.05, 0) is 50.5 Å². The van der Waals surface area contributed by atoms with Gasteiger partial charge in [0.15, 0.2) is 0 Å². The predicted octanol–water partition coefficient (Wildman–Crippen LogP) is 3.65. The van der Waals surface area contributed by atoms with E-state index >= 15 is 0 Å². The lowest BCUT2D eigenvalue weighted by molar-refractivity contribution is -0.116. The Morgan fingerprint density at radius 2 is 1.73 bits per heavy atom. The van der Waals surface area contributed by atoms with E-state index in [4.69, 9.17) is 0 Å². The average molecular weight is 375 g/mol. The molecule has 26 heavy (non-hydrogen) atoms. The molecule has 0 radical (unpaired) electrons. The molecule has 2 aromatic carbocycles. The SMILES string of the molecule is CCCN(CC(=O)Nc1ccccc1C)S(=O)(=O)c1ccc(C)cc1C. The number of nitrogens with zero attached hydrogens (tertiary/aromatic N) is 1. The van der Waals surface area contributed by atoms with Gasteiger partial charge in [0, 0.05) is 12.2 Å². The number of rotatable bonds is 7. The first-order valence-corrected chi connectivity index (χ1v) is 10.1. The molecule has 0 aliphatic heterocycles. The van der Waals surface area contributed by atoms with Crippen LogP contribution < -0.4 is 5.32 Å². The fourth-order valence-electron chi connectivity index (χ4n) is 2.82. The van der Waals surface area contributed by atoms with Crippen LogP contribution in [0.25, 0.3) is 0 Å². The fourth-order valence-corrected chi connectivity index (χ4v) is 4.52. The van der Waals surface area contributed by atoms with E-state index < -0.39 is 10.0 Å². The summed E-state index contributed by atoms with van der Waals surface area (Å²) in [5.41, 5.74) is 3.31. The first-order valence-electron chi connectivity index (χ1n) is 8.68. The Kier molecular flexibility index (Phi) is 6.56. The fraction of sp³-hybridized carbons (Fsp3) is 0.350. The number of nitrogens with one attached hydrogen (secondary N) is 1. The van der Waals surface area contributed by atoms with Crippen LogP contribution in [-0.2, 0) is 14.8 Å². The Hall–Kier alpha value is -2.18. The minimum absolute atomic E-state index is 0.210. The highest BCUT2D eigenvalue weighted by Gasteiger charge is 2.27. The van der Waals surface area contributed by atoms with Gasteiger partial charge in [-0.15, -0.1) is 0 Å². The number of para-hydroxylation sites is 1. The van der Waals surface area contributed by atoms with Gasteiger partial charge in [0.05, 0.1) is 11.4 Å². The zero-order chi connectivity index (χ0) is 19.3. The molecule has 2 rings (SSSR count). The van der Waals surface area contributed by atoms with Crippen LogP contribution in [-0.4, -0.2) is 31.7 Å². The molecular weight excluding hydrogens is 348 g/mol. The van der Waals surface area contributed by atoms with E-state index in [1.165, 1.54) is 4.31 Å². The molecule has 0 bridgehead atoms. The monoisotopic (exact) mass is 374 g/mol. The van der Waals surface area contributed by atoms with Crippen LogP contribution in [0.4, 0.5) is 5.69 Å². The molecule has 0 aromatic heterocycles. The highest BCUT2D eigenvalue weighted by molar-refractivity contribution is 7.89. The first kappa shape index (κ1) is 20.1. The van der Waals surface area contributed by atoms with Gasteiger partial charge in [-0.1, -0.05) is 42.8 Å². The first-order chi connectivity index (χ1) is 12.3. The van der Waals surface area contributed by atoms with Gasteiger partial charge in [0.2, 0.25) is 15.9 Å². The molecule has 2 aromatic rings. The van der Waals surface area contributed by atoms with Crippen LogP contribution in [0.5, 0.6) is 0 Å². The van der Waals surface area contributed by atoms with E-state index in [-0.39, 0.29) is 23.9 Å². The van der Waals surface area contributed by atoms with Crippen molar-refractivity contribution in [1.82, 2.24) is 4.31 Å². The summed E-state index contributed by atoms with van der Waals surface area (Å²) in [6.07, 6.45) is 0.627. The molecular formula is C20H26N2O3S. The summed E-state index contributed by atoms with van der Waals surface area (Å²) in [5.74, 6) is -0.346. The Bertz CT molecular complexity index is 892. The molecule has 5 nitrogen and oxygen atoms in total. The van der Waals surface area contributed by atoms with Crippen LogP contribution in [0.1, 0.15) is 30.0 Å². The largest absolute Gasteiger partial charge is 0.325 e. The van der Waals surface area contributed by atoms with Crippen molar-refractivity contribution >= 4 is 21.6 Å². The maximum Gasteiger partial charge on any atom is 0.243 e. The second kappa shape index (κ2) is 8.47. The van der Waals surface area contributed by atoms with Gasteiger partial charge in [-0.2, -0.15) is 4.31 Å². The van der Waals surface area contributed by atoms with Crippen LogP contribution in [0.2, 0.25) is 0 Å². The molecule has 0 heterocycles. The van der Waals surface area contributed by atoms with E-state index in [0.29, 0.717) is 17.7 Å². The predicted molar refractivity (Wildman–Crippen MR) is 105 cm³/mol. The van der Waals surface area contributed by atoms with Crippen molar-refractivity contribution in [3.05, 3.63) is 59.2 Å². The maximum atomic E-state index is 13.1. The van der Waals surface area contributed by atoms with Gasteiger partial charge in [0.1, 0.15) is 0 Å². The molecule has 0 atom stereocenters. The molecule has 140 valence electrons. The lowest BCUT2D eigenvalue weighted by Gasteiger charge is -2.22. The van der Waals surface area contributed by atoms with E-state index in [1.807, 2.05) is 45.0 Å². The third kappa shape index (κ3) is 4.71. The third-order valence-corrected chi connectivity index (χ3v) is 6.17. The third-order valence-electron chi connectivity index (χ3n) is 4.16. The van der Waals surface area contributed by atoms with E-state index in [1.54, 1.807) is 25.1 Å². The smallest absolute Gasteiger partial charge is 0.243 e. The zero-order valence-electron chi connectivity index (χ0n) is 15.7. The normalized spacial score (nSPS) is 11.6. The van der Waals surface area contributed by atoms with Crippen molar-refractivity contribution < 1.29 is 13.2 Å². The van der Waals surface area contributed by atoms with Crippen LogP contribution in [0, 0.1) is 20.8 Å². The van der Waals surface area contributed by atoms with Crippen molar-refractivity contribution in [2.75, 3.05) is 18.4 Å². The number of anilines is 1. The standard InChI is InChI=1S/C20H26N2O3S/c1-5-12-22(14-20(23)21-18-9-7-6-8-16(18)3)26(24,25)19-11-10-15(2)13-17(19)4/h6-11,13H,5,12,14H2,1-4H3,(H,21,23). The summed E-state index contributed by atoms with van der Waals surface area (Å²) in [7, 11) is -3.74. The Morgan fingerprint density at radius 1 is 1.04 bits per heavy atom. The molecule has 0 spiro atoms. The van der Waals surface area contributed by atoms with Gasteiger partial charge in [-0.25, -0.2) is 8.42 Å². The maximum absolute atomic E-state index is 13.1. The lowest BCUT2D eigenvalue weighted by atomic mass is 10.2. The minimum Gasteiger partial charge on any atom is -0.325 e. The zero-order valence-corrected chi connectivity index (χ0v) is 16.6. The summed E-state index contributed by atoms with van der Waals surface area (Å²) in [4.78, 5) is 12.7. The van der Waals surface area contributed by atoms with Crippen molar-refractivity contribution in [3.63, 3.8) is 0 Å². The summed E-state index contributed by atoms with van der Waals surface area (Å²) in [6, 6.07) is 12.6. The Labute approximate surface area is 156 Å². The van der Waals surface area contributed by atoms with E-state index in [9.17, 15) is 13.2 Å². The number of sulfonamides is 1. The van der Waals surface area contributed by atoms with Crippen molar-refractivity contribution in [2.45, 2.75) is 39.0 Å². The number of hydrogen-bond donors (Lipinski definition) is 1. The molecule has 0 unspecified atom stereocenters. The number of aryl methyl sites for hydroxylation is 3. The van der Waals surface area contributed by atoms with Gasteiger partial charge in [-0.3, -0.25) is 4.79 Å². The van der Waals surface area contributed by atoms with Gasteiger partial charge < -0.3 is 5.32 Å². The van der Waals surface area contributed by atoms with Gasteiger partial charge >= 0.3 is 0 Å². The molecule has 6 heteroatoms. The molecule has 1 amide bonds. The van der Waals surface area contributed by atoms with Crippen LogP contribution in [0.3, 0.4) is 0 Å². The van der Waals surface area contributed by atoms with Crippen LogP contribution >= 0.6 is 0 Å². The topological polar surface area (TPSA) is 66.5 Å². The van der Waals surface area contributed by atoms with Crippen molar-refractivity contribution in [3.8, 4) is 0 Å². The van der Waals surface area contributed by atoms with E-state index in [2.05, 4.69) is 5.32 Å². The van der Waals surface area contributed by atoms with Crippen molar-refractivity contribution in [2.24, 2.45) is 0 Å². The Morgan fingerprint density at radius 3 is 2.35 bits per heavy atom. The summed E-state index contributed by atoms with van der Waals surface area (Å²) < 4.78 is 27.4. The summed E-state index contributed by atoms with van der Waals surface area (Å²) in [6.45, 7) is 7.56. The Balaban J connectivity index is 2.24. The molecule has 0 fully saturated rings. The summed E-state index contributed by atoms with van der Waals surface area (Å²) in [5, 5.41) is 2.80. The van der Waals surface area contributed by atoms with E-state index in [0.717, 1.165) is 11.1 Å². The molecule has 0 saturated heterocycles.